The molecule has 2 aromatic carbocycles. The van der Waals surface area contributed by atoms with Crippen molar-refractivity contribution >= 4 is 11.4 Å². The SMILES string of the molecule is CN(C)c1cccc(NCC2CCOc3ccccc32)c1. The lowest BCUT2D eigenvalue weighted by atomic mass is 9.93. The number of rotatable bonds is 4. The van der Waals surface area contributed by atoms with Crippen molar-refractivity contribution in [3.05, 3.63) is 54.1 Å². The van der Waals surface area contributed by atoms with E-state index in [-0.39, 0.29) is 0 Å². The van der Waals surface area contributed by atoms with Gasteiger partial charge in [-0.05, 0) is 36.2 Å². The van der Waals surface area contributed by atoms with E-state index in [0.29, 0.717) is 5.92 Å². The Morgan fingerprint density at radius 1 is 1.14 bits per heavy atom. The van der Waals surface area contributed by atoms with E-state index in [2.05, 4.69) is 66.8 Å². The summed E-state index contributed by atoms with van der Waals surface area (Å²) in [5.41, 5.74) is 3.71. The van der Waals surface area contributed by atoms with Crippen molar-refractivity contribution in [1.29, 1.82) is 0 Å². The molecule has 1 heterocycles. The maximum atomic E-state index is 5.72. The van der Waals surface area contributed by atoms with Gasteiger partial charge in [-0.3, -0.25) is 0 Å². The van der Waals surface area contributed by atoms with Crippen LogP contribution in [0.4, 0.5) is 11.4 Å². The number of nitrogens with one attached hydrogen (secondary N) is 1. The van der Waals surface area contributed by atoms with Crippen LogP contribution < -0.4 is 15.0 Å². The minimum atomic E-state index is 0.512. The summed E-state index contributed by atoms with van der Waals surface area (Å²) < 4.78 is 5.72. The van der Waals surface area contributed by atoms with E-state index in [4.69, 9.17) is 4.74 Å². The summed E-state index contributed by atoms with van der Waals surface area (Å²) in [6.45, 7) is 1.75. The predicted octanol–water partition coefficient (Wildman–Crippen LogP) is 3.73. The number of anilines is 2. The van der Waals surface area contributed by atoms with Crippen LogP contribution in [0.3, 0.4) is 0 Å². The summed E-state index contributed by atoms with van der Waals surface area (Å²) in [4.78, 5) is 2.12. The highest BCUT2D eigenvalue weighted by Gasteiger charge is 2.20. The van der Waals surface area contributed by atoms with Gasteiger partial charge in [-0.1, -0.05) is 24.3 Å². The van der Waals surface area contributed by atoms with Gasteiger partial charge in [0.15, 0.2) is 0 Å². The number of fused-ring (bicyclic) bond motifs is 1. The van der Waals surface area contributed by atoms with Gasteiger partial charge >= 0.3 is 0 Å². The van der Waals surface area contributed by atoms with Crippen molar-refractivity contribution < 1.29 is 4.74 Å². The van der Waals surface area contributed by atoms with Gasteiger partial charge < -0.3 is 15.0 Å². The first kappa shape index (κ1) is 13.8. The van der Waals surface area contributed by atoms with Gasteiger partial charge in [-0.2, -0.15) is 0 Å². The van der Waals surface area contributed by atoms with Crippen molar-refractivity contribution in [2.75, 3.05) is 37.5 Å². The molecule has 0 amide bonds. The van der Waals surface area contributed by atoms with Crippen LogP contribution in [0.15, 0.2) is 48.5 Å². The molecule has 21 heavy (non-hydrogen) atoms. The summed E-state index contributed by atoms with van der Waals surface area (Å²) >= 11 is 0. The molecule has 1 aliphatic rings. The van der Waals surface area contributed by atoms with Gasteiger partial charge in [-0.15, -0.1) is 0 Å². The van der Waals surface area contributed by atoms with Crippen LogP contribution in [0.2, 0.25) is 0 Å². The zero-order chi connectivity index (χ0) is 14.7. The van der Waals surface area contributed by atoms with Crippen molar-refractivity contribution in [2.24, 2.45) is 0 Å². The first-order valence-electron chi connectivity index (χ1n) is 7.47. The third-order valence-electron chi connectivity index (χ3n) is 4.00. The largest absolute Gasteiger partial charge is 0.493 e. The van der Waals surface area contributed by atoms with Gasteiger partial charge in [0, 0.05) is 37.9 Å². The van der Waals surface area contributed by atoms with E-state index in [1.165, 1.54) is 16.9 Å². The molecular formula is C18H22N2O. The fourth-order valence-electron chi connectivity index (χ4n) is 2.76. The molecule has 110 valence electrons. The lowest BCUT2D eigenvalue weighted by molar-refractivity contribution is 0.270. The Hall–Kier alpha value is -2.16. The van der Waals surface area contributed by atoms with Crippen molar-refractivity contribution in [2.45, 2.75) is 12.3 Å². The third-order valence-corrected chi connectivity index (χ3v) is 4.00. The predicted molar refractivity (Wildman–Crippen MR) is 88.6 cm³/mol. The van der Waals surface area contributed by atoms with E-state index in [0.717, 1.165) is 25.3 Å². The molecule has 0 bridgehead atoms. The number of para-hydroxylation sites is 1. The fraction of sp³-hybridized carbons (Fsp3) is 0.333. The Kier molecular flexibility index (Phi) is 4.00. The van der Waals surface area contributed by atoms with Crippen LogP contribution in [0, 0.1) is 0 Å². The summed E-state index contributed by atoms with van der Waals surface area (Å²) in [5, 5.41) is 3.57. The zero-order valence-electron chi connectivity index (χ0n) is 12.7. The molecule has 0 radical (unpaired) electrons. The Balaban J connectivity index is 1.70. The lowest BCUT2D eigenvalue weighted by Crippen LogP contribution is -2.20. The smallest absolute Gasteiger partial charge is 0.122 e. The quantitative estimate of drug-likeness (QED) is 0.924. The normalized spacial score (nSPS) is 16.8. The van der Waals surface area contributed by atoms with Gasteiger partial charge in [0.25, 0.3) is 0 Å². The molecule has 1 aliphatic heterocycles. The average molecular weight is 282 g/mol. The van der Waals surface area contributed by atoms with Crippen molar-refractivity contribution in [3.63, 3.8) is 0 Å². The minimum Gasteiger partial charge on any atom is -0.493 e. The minimum absolute atomic E-state index is 0.512. The average Bonchev–Trinajstić information content (AvgIpc) is 2.53. The second-order valence-electron chi connectivity index (χ2n) is 5.70. The zero-order valence-corrected chi connectivity index (χ0v) is 12.7. The number of ether oxygens (including phenoxy) is 1. The van der Waals surface area contributed by atoms with E-state index < -0.39 is 0 Å². The molecule has 3 nitrogen and oxygen atoms in total. The van der Waals surface area contributed by atoms with Gasteiger partial charge in [0.05, 0.1) is 6.61 Å². The second kappa shape index (κ2) is 6.08. The molecule has 0 saturated carbocycles. The number of benzene rings is 2. The van der Waals surface area contributed by atoms with E-state index in [1.807, 2.05) is 6.07 Å². The van der Waals surface area contributed by atoms with Gasteiger partial charge in [0.2, 0.25) is 0 Å². The Bertz CT molecular complexity index is 610. The lowest BCUT2D eigenvalue weighted by Gasteiger charge is -2.26. The first-order chi connectivity index (χ1) is 10.2. The first-order valence-corrected chi connectivity index (χ1v) is 7.47. The van der Waals surface area contributed by atoms with Crippen LogP contribution in [0.5, 0.6) is 5.75 Å². The summed E-state index contributed by atoms with van der Waals surface area (Å²) in [6, 6.07) is 16.9. The third kappa shape index (κ3) is 3.13. The summed E-state index contributed by atoms with van der Waals surface area (Å²) in [6.07, 6.45) is 1.07. The van der Waals surface area contributed by atoms with Crippen LogP contribution in [0.1, 0.15) is 17.9 Å². The molecule has 1 atom stereocenters. The highest BCUT2D eigenvalue weighted by Crippen LogP contribution is 2.33. The standard InChI is InChI=1S/C18H22N2O/c1-20(2)16-7-5-6-15(12-16)19-13-14-10-11-21-18-9-4-3-8-17(14)18/h3-9,12,14,19H,10-11,13H2,1-2H3. The molecule has 0 fully saturated rings. The molecule has 1 unspecified atom stereocenters. The Labute approximate surface area is 126 Å². The van der Waals surface area contributed by atoms with E-state index >= 15 is 0 Å². The molecule has 0 saturated heterocycles. The fourth-order valence-corrected chi connectivity index (χ4v) is 2.76. The summed E-state index contributed by atoms with van der Waals surface area (Å²) in [5.74, 6) is 1.55. The van der Waals surface area contributed by atoms with E-state index in [1.54, 1.807) is 0 Å². The van der Waals surface area contributed by atoms with Crippen molar-refractivity contribution in [1.82, 2.24) is 0 Å². The molecule has 0 spiro atoms. The molecule has 0 aromatic heterocycles. The second-order valence-corrected chi connectivity index (χ2v) is 5.70. The monoisotopic (exact) mass is 282 g/mol. The van der Waals surface area contributed by atoms with Crippen LogP contribution in [-0.2, 0) is 0 Å². The molecular weight excluding hydrogens is 260 g/mol. The Morgan fingerprint density at radius 3 is 2.86 bits per heavy atom. The molecule has 3 heteroatoms. The van der Waals surface area contributed by atoms with Gasteiger partial charge in [0.1, 0.15) is 5.75 Å². The molecule has 2 aromatic rings. The summed E-state index contributed by atoms with van der Waals surface area (Å²) in [7, 11) is 4.13. The highest BCUT2D eigenvalue weighted by molar-refractivity contribution is 5.57. The topological polar surface area (TPSA) is 24.5 Å². The molecule has 0 aliphatic carbocycles. The number of hydrogen-bond donors (Lipinski definition) is 1. The van der Waals surface area contributed by atoms with E-state index in [9.17, 15) is 0 Å². The molecule has 1 N–H and O–H groups in total. The highest BCUT2D eigenvalue weighted by atomic mass is 16.5. The molecule has 3 rings (SSSR count). The maximum absolute atomic E-state index is 5.72. The van der Waals surface area contributed by atoms with Crippen LogP contribution in [0.25, 0.3) is 0 Å². The van der Waals surface area contributed by atoms with Crippen LogP contribution >= 0.6 is 0 Å². The maximum Gasteiger partial charge on any atom is 0.122 e. The Morgan fingerprint density at radius 2 is 2.00 bits per heavy atom. The number of nitrogens with zero attached hydrogens (tertiary/aromatic N) is 1. The number of hydrogen-bond acceptors (Lipinski definition) is 3. The van der Waals surface area contributed by atoms with Crippen LogP contribution in [-0.4, -0.2) is 27.2 Å². The van der Waals surface area contributed by atoms with Gasteiger partial charge in [-0.25, -0.2) is 0 Å². The van der Waals surface area contributed by atoms with Crippen molar-refractivity contribution in [3.8, 4) is 5.75 Å².